The molecule has 0 aromatic heterocycles. The topological polar surface area (TPSA) is 72.8 Å². The molecular weight excluding hydrogens is 512 g/mol. The van der Waals surface area contributed by atoms with Gasteiger partial charge in [0.25, 0.3) is 0 Å². The number of aliphatic hydroxyl groups is 1. The summed E-state index contributed by atoms with van der Waals surface area (Å²) in [6.07, 6.45) is 34.5. The zero-order valence-corrected chi connectivity index (χ0v) is 27.6. The zero-order valence-electron chi connectivity index (χ0n) is 27.6. The minimum Gasteiger partial charge on any atom is -0.462 e. The van der Waals surface area contributed by atoms with Crippen molar-refractivity contribution in [1.29, 1.82) is 0 Å². The maximum Gasteiger partial charge on any atom is 0.306 e. The van der Waals surface area contributed by atoms with E-state index < -0.39 is 6.10 Å². The van der Waals surface area contributed by atoms with Gasteiger partial charge in [0, 0.05) is 12.8 Å². The van der Waals surface area contributed by atoms with Gasteiger partial charge in [-0.25, -0.2) is 0 Å². The Bertz CT molecular complexity index is 550. The smallest absolute Gasteiger partial charge is 0.306 e. The van der Waals surface area contributed by atoms with Crippen LogP contribution in [-0.4, -0.2) is 36.4 Å². The fourth-order valence-electron chi connectivity index (χ4n) is 5.38. The van der Waals surface area contributed by atoms with E-state index in [0.29, 0.717) is 12.8 Å². The highest BCUT2D eigenvalue weighted by Gasteiger charge is 2.16. The average Bonchev–Trinajstić information content (AvgIpc) is 2.97. The summed E-state index contributed by atoms with van der Waals surface area (Å²) in [5.74, 6) is -0.581. The lowest BCUT2D eigenvalue weighted by Crippen LogP contribution is -2.28. The molecule has 1 atom stereocenters. The van der Waals surface area contributed by atoms with Crippen molar-refractivity contribution < 1.29 is 24.2 Å². The van der Waals surface area contributed by atoms with Crippen LogP contribution in [0.25, 0.3) is 0 Å². The highest BCUT2D eigenvalue weighted by atomic mass is 16.6. The molecule has 0 fully saturated rings. The van der Waals surface area contributed by atoms with Gasteiger partial charge >= 0.3 is 11.9 Å². The lowest BCUT2D eigenvalue weighted by Gasteiger charge is -2.15. The molecule has 0 aromatic rings. The molecule has 0 radical (unpaired) electrons. The van der Waals surface area contributed by atoms with E-state index in [1.807, 2.05) is 0 Å². The van der Waals surface area contributed by atoms with Gasteiger partial charge in [0.1, 0.15) is 6.61 Å². The molecule has 41 heavy (non-hydrogen) atoms. The molecule has 0 aliphatic carbocycles. The number of carbonyl (C=O) groups excluding carboxylic acids is 2. The molecule has 0 aromatic carbocycles. The Morgan fingerprint density at radius 2 is 0.756 bits per heavy atom. The van der Waals surface area contributed by atoms with Crippen LogP contribution in [0.1, 0.15) is 200 Å². The van der Waals surface area contributed by atoms with Crippen molar-refractivity contribution in [2.75, 3.05) is 13.2 Å². The standard InChI is InChI=1S/C36H70O5/c1-3-5-7-9-11-13-15-16-17-18-19-20-21-23-24-26-28-30-35(38)40-33-34(32-37)41-36(39)31-29-27-25-22-14-12-10-8-6-4-2/h34,37H,3-33H2,1-2H3/t34-/m0/s1. The summed E-state index contributed by atoms with van der Waals surface area (Å²) in [6.45, 7) is 4.14. The molecule has 0 spiro atoms. The van der Waals surface area contributed by atoms with E-state index in [0.717, 1.165) is 32.1 Å². The molecule has 0 bridgehead atoms. The molecule has 1 N–H and O–H groups in total. The summed E-state index contributed by atoms with van der Waals surface area (Å²) >= 11 is 0. The first-order chi connectivity index (χ1) is 20.1. The third-order valence-corrected chi connectivity index (χ3v) is 8.15. The second kappa shape index (κ2) is 33.4. The van der Waals surface area contributed by atoms with Crippen LogP contribution in [0.2, 0.25) is 0 Å². The Hall–Kier alpha value is -1.10. The Morgan fingerprint density at radius 1 is 0.463 bits per heavy atom. The minimum absolute atomic E-state index is 0.0575. The Balaban J connectivity index is 3.49. The summed E-state index contributed by atoms with van der Waals surface area (Å²) in [5, 5.41) is 9.50. The number of unbranched alkanes of at least 4 members (excludes halogenated alkanes) is 25. The van der Waals surface area contributed by atoms with Crippen LogP contribution in [0.15, 0.2) is 0 Å². The van der Waals surface area contributed by atoms with Gasteiger partial charge in [-0.2, -0.15) is 0 Å². The Labute approximate surface area is 255 Å². The predicted molar refractivity (Wildman–Crippen MR) is 173 cm³/mol. The number of ether oxygens (including phenoxy) is 2. The number of esters is 2. The zero-order chi connectivity index (χ0) is 30.1. The summed E-state index contributed by atoms with van der Waals surface area (Å²) in [5.41, 5.74) is 0. The van der Waals surface area contributed by atoms with Gasteiger partial charge in [-0.3, -0.25) is 9.59 Å². The number of hydrogen-bond donors (Lipinski definition) is 1. The molecule has 0 aliphatic rings. The first-order valence-electron chi connectivity index (χ1n) is 18.1. The van der Waals surface area contributed by atoms with E-state index in [4.69, 9.17) is 9.47 Å². The lowest BCUT2D eigenvalue weighted by molar-refractivity contribution is -0.161. The Morgan fingerprint density at radius 3 is 1.07 bits per heavy atom. The summed E-state index contributed by atoms with van der Waals surface area (Å²) in [7, 11) is 0. The highest BCUT2D eigenvalue weighted by molar-refractivity contribution is 5.70. The Kier molecular flexibility index (Phi) is 32.5. The van der Waals surface area contributed by atoms with Crippen molar-refractivity contribution in [3.8, 4) is 0 Å². The monoisotopic (exact) mass is 583 g/mol. The maximum absolute atomic E-state index is 12.1. The summed E-state index contributed by atoms with van der Waals surface area (Å²) < 4.78 is 10.6. The predicted octanol–water partition coefficient (Wildman–Crippen LogP) is 10.8. The molecule has 0 aliphatic heterocycles. The fourth-order valence-corrected chi connectivity index (χ4v) is 5.38. The second-order valence-corrected chi connectivity index (χ2v) is 12.3. The van der Waals surface area contributed by atoms with Crippen molar-refractivity contribution in [2.45, 2.75) is 206 Å². The number of carbonyl (C=O) groups is 2. The van der Waals surface area contributed by atoms with Crippen LogP contribution >= 0.6 is 0 Å². The van der Waals surface area contributed by atoms with E-state index >= 15 is 0 Å². The third-order valence-electron chi connectivity index (χ3n) is 8.15. The second-order valence-electron chi connectivity index (χ2n) is 12.3. The molecule has 5 nitrogen and oxygen atoms in total. The van der Waals surface area contributed by atoms with E-state index in [9.17, 15) is 14.7 Å². The number of aliphatic hydroxyl groups excluding tert-OH is 1. The third kappa shape index (κ3) is 31.7. The highest BCUT2D eigenvalue weighted by Crippen LogP contribution is 2.15. The van der Waals surface area contributed by atoms with Gasteiger partial charge in [-0.1, -0.05) is 174 Å². The molecule has 0 heterocycles. The van der Waals surface area contributed by atoms with Crippen molar-refractivity contribution in [3.05, 3.63) is 0 Å². The van der Waals surface area contributed by atoms with Crippen molar-refractivity contribution in [1.82, 2.24) is 0 Å². The molecular formula is C36H70O5. The lowest BCUT2D eigenvalue weighted by atomic mass is 10.0. The molecule has 244 valence electrons. The van der Waals surface area contributed by atoms with Crippen LogP contribution in [0.4, 0.5) is 0 Å². The molecule has 0 saturated carbocycles. The number of rotatable bonds is 33. The van der Waals surface area contributed by atoms with Crippen LogP contribution < -0.4 is 0 Å². The van der Waals surface area contributed by atoms with E-state index in [1.165, 1.54) is 141 Å². The largest absolute Gasteiger partial charge is 0.462 e. The van der Waals surface area contributed by atoms with Crippen LogP contribution in [0, 0.1) is 0 Å². The van der Waals surface area contributed by atoms with E-state index in [-0.39, 0.29) is 25.2 Å². The normalized spacial score (nSPS) is 12.0. The van der Waals surface area contributed by atoms with Gasteiger partial charge in [0.2, 0.25) is 0 Å². The molecule has 0 rings (SSSR count). The van der Waals surface area contributed by atoms with Gasteiger partial charge in [-0.05, 0) is 12.8 Å². The van der Waals surface area contributed by atoms with E-state index in [2.05, 4.69) is 13.8 Å². The van der Waals surface area contributed by atoms with Crippen molar-refractivity contribution in [2.24, 2.45) is 0 Å². The van der Waals surface area contributed by atoms with Crippen LogP contribution in [0.3, 0.4) is 0 Å². The molecule has 5 heteroatoms. The minimum atomic E-state index is -0.759. The molecule has 0 saturated heterocycles. The first kappa shape index (κ1) is 39.9. The SMILES string of the molecule is CCCCCCCCCCCCCCCCCCCC(=O)OC[C@H](CO)OC(=O)CCCCCCCCCCCC. The van der Waals surface area contributed by atoms with Gasteiger partial charge < -0.3 is 14.6 Å². The fraction of sp³-hybridized carbons (Fsp3) is 0.944. The maximum atomic E-state index is 12.1. The summed E-state index contributed by atoms with van der Waals surface area (Å²) in [6, 6.07) is 0. The van der Waals surface area contributed by atoms with Crippen molar-refractivity contribution >= 4 is 11.9 Å². The summed E-state index contributed by atoms with van der Waals surface area (Å²) in [4.78, 5) is 24.1. The first-order valence-corrected chi connectivity index (χ1v) is 18.1. The van der Waals surface area contributed by atoms with Crippen molar-refractivity contribution in [3.63, 3.8) is 0 Å². The number of hydrogen-bond acceptors (Lipinski definition) is 5. The van der Waals surface area contributed by atoms with Crippen LogP contribution in [0.5, 0.6) is 0 Å². The van der Waals surface area contributed by atoms with Gasteiger partial charge in [0.15, 0.2) is 6.10 Å². The quantitative estimate of drug-likeness (QED) is 0.0615. The van der Waals surface area contributed by atoms with Crippen LogP contribution in [-0.2, 0) is 19.1 Å². The molecule has 0 unspecified atom stereocenters. The van der Waals surface area contributed by atoms with E-state index in [1.54, 1.807) is 0 Å². The average molecular weight is 583 g/mol. The molecule has 0 amide bonds. The van der Waals surface area contributed by atoms with Gasteiger partial charge in [0.05, 0.1) is 6.61 Å². The van der Waals surface area contributed by atoms with Gasteiger partial charge in [-0.15, -0.1) is 0 Å².